The smallest absolute Gasteiger partial charge is 0.280 e. The van der Waals surface area contributed by atoms with Crippen LogP contribution in [-0.4, -0.2) is 38.6 Å². The zero-order valence-electron chi connectivity index (χ0n) is 18.8. The van der Waals surface area contributed by atoms with E-state index >= 15 is 0 Å². The molecule has 5 rings (SSSR count). The van der Waals surface area contributed by atoms with Crippen molar-refractivity contribution in [3.63, 3.8) is 0 Å². The fourth-order valence-corrected chi connectivity index (χ4v) is 4.87. The summed E-state index contributed by atoms with van der Waals surface area (Å²) in [6.07, 6.45) is 3.66. The van der Waals surface area contributed by atoms with Crippen molar-refractivity contribution in [3.05, 3.63) is 53.6 Å². The number of pyridine rings is 2. The van der Waals surface area contributed by atoms with Gasteiger partial charge in [-0.25, -0.2) is 18.7 Å². The van der Waals surface area contributed by atoms with Crippen molar-refractivity contribution in [1.82, 2.24) is 14.4 Å². The molecule has 3 aromatic rings. The molecule has 0 spiro atoms. The van der Waals surface area contributed by atoms with E-state index in [9.17, 15) is 13.6 Å². The molecule has 1 saturated heterocycles. The minimum Gasteiger partial charge on any atom is -0.490 e. The fraction of sp³-hybridized carbons (Fsp3) is 0.458. The minimum absolute atomic E-state index is 0.0481. The highest BCUT2D eigenvalue weighted by molar-refractivity contribution is 6.05. The third-order valence-electron chi connectivity index (χ3n) is 6.48. The number of ether oxygens (including phenoxy) is 2. The Balaban J connectivity index is 1.50. The molecule has 7 nitrogen and oxygen atoms in total. The summed E-state index contributed by atoms with van der Waals surface area (Å²) in [5, 5.41) is 2.61. The molecule has 2 bridgehead atoms. The van der Waals surface area contributed by atoms with Crippen LogP contribution in [0, 0.1) is 0 Å². The molecule has 1 saturated carbocycles. The molecule has 1 N–H and O–H groups in total. The summed E-state index contributed by atoms with van der Waals surface area (Å²) >= 11 is 0. The quantitative estimate of drug-likeness (QED) is 0.570. The Bertz CT molecular complexity index is 1220. The van der Waals surface area contributed by atoms with Crippen LogP contribution in [0.2, 0.25) is 0 Å². The number of aromatic nitrogens is 3. The summed E-state index contributed by atoms with van der Waals surface area (Å²) in [4.78, 5) is 21.8. The number of carbonyl (C=O) groups is 1. The van der Waals surface area contributed by atoms with Crippen molar-refractivity contribution >= 4 is 17.4 Å². The molecule has 33 heavy (non-hydrogen) atoms. The average molecular weight is 456 g/mol. The number of rotatable bonds is 6. The molecular formula is C24H26F2N4O3. The van der Waals surface area contributed by atoms with Crippen LogP contribution in [0.15, 0.2) is 36.7 Å². The van der Waals surface area contributed by atoms with Crippen molar-refractivity contribution in [2.24, 2.45) is 0 Å². The number of hydrogen-bond donors (Lipinski definition) is 1. The Morgan fingerprint density at radius 2 is 2.06 bits per heavy atom. The van der Waals surface area contributed by atoms with Gasteiger partial charge in [-0.3, -0.25) is 4.79 Å². The first kappa shape index (κ1) is 21.8. The lowest BCUT2D eigenvalue weighted by molar-refractivity contribution is -0.00627. The molecule has 1 aliphatic heterocycles. The Hall–Kier alpha value is -3.07. The molecule has 174 valence electrons. The van der Waals surface area contributed by atoms with E-state index < -0.39 is 18.0 Å². The lowest BCUT2D eigenvalue weighted by Crippen LogP contribution is -2.26. The van der Waals surface area contributed by atoms with Gasteiger partial charge < -0.3 is 19.2 Å². The van der Waals surface area contributed by atoms with Crippen LogP contribution in [0.5, 0.6) is 5.75 Å². The first-order chi connectivity index (χ1) is 15.7. The highest BCUT2D eigenvalue weighted by Gasteiger charge is 2.55. The van der Waals surface area contributed by atoms with Crippen LogP contribution < -0.4 is 10.1 Å². The molecule has 1 amide bonds. The van der Waals surface area contributed by atoms with Gasteiger partial charge >= 0.3 is 0 Å². The van der Waals surface area contributed by atoms with Crippen molar-refractivity contribution in [2.75, 3.05) is 11.9 Å². The van der Waals surface area contributed by atoms with Gasteiger partial charge in [0.25, 0.3) is 12.3 Å². The van der Waals surface area contributed by atoms with E-state index in [-0.39, 0.29) is 28.5 Å². The summed E-state index contributed by atoms with van der Waals surface area (Å²) in [5.41, 5.74) is 1.28. The van der Waals surface area contributed by atoms with E-state index in [4.69, 9.17) is 14.5 Å². The van der Waals surface area contributed by atoms with Crippen molar-refractivity contribution in [3.8, 4) is 5.75 Å². The molecule has 9 heteroatoms. The van der Waals surface area contributed by atoms with Gasteiger partial charge in [-0.1, -0.05) is 6.07 Å². The number of hydrogen-bond acceptors (Lipinski definition) is 5. The second-order valence-corrected chi connectivity index (χ2v) is 9.51. The Morgan fingerprint density at radius 1 is 1.24 bits per heavy atom. The number of carbonyl (C=O) groups excluding carboxylic acids is 1. The summed E-state index contributed by atoms with van der Waals surface area (Å²) in [6, 6.07) is 5.85. The third kappa shape index (κ3) is 3.94. The van der Waals surface area contributed by atoms with Gasteiger partial charge in [-0.05, 0) is 52.2 Å². The number of nitrogens with zero attached hydrogens (tertiary/aromatic N) is 3. The first-order valence-electron chi connectivity index (χ1n) is 11.1. The Kier molecular flexibility index (Phi) is 5.12. The first-order valence-corrected chi connectivity index (χ1v) is 11.1. The van der Waals surface area contributed by atoms with Gasteiger partial charge in [-0.2, -0.15) is 0 Å². The number of nitrogens with one attached hydrogen (secondary N) is 1. The Labute approximate surface area is 190 Å². The zero-order chi connectivity index (χ0) is 23.4. The Morgan fingerprint density at radius 3 is 2.70 bits per heavy atom. The maximum Gasteiger partial charge on any atom is 0.280 e. The van der Waals surface area contributed by atoms with Gasteiger partial charge in [0.05, 0.1) is 29.6 Å². The van der Waals surface area contributed by atoms with Gasteiger partial charge in [0.15, 0.2) is 0 Å². The molecule has 3 aromatic heterocycles. The number of alkyl halides is 2. The van der Waals surface area contributed by atoms with E-state index in [1.165, 1.54) is 18.2 Å². The molecule has 1 aliphatic carbocycles. The minimum atomic E-state index is -2.72. The lowest BCUT2D eigenvalue weighted by atomic mass is 9.84. The third-order valence-corrected chi connectivity index (χ3v) is 6.48. The van der Waals surface area contributed by atoms with Gasteiger partial charge in [-0.15, -0.1) is 0 Å². The second-order valence-electron chi connectivity index (χ2n) is 9.51. The number of imidazole rings is 1. The molecule has 2 aliphatic rings. The number of halogens is 2. The fourth-order valence-electron chi connectivity index (χ4n) is 4.87. The highest BCUT2D eigenvalue weighted by atomic mass is 19.3. The normalized spacial score (nSPS) is 24.2. The summed E-state index contributed by atoms with van der Waals surface area (Å²) in [5.74, 6) is -0.0851. The van der Waals surface area contributed by atoms with Crippen molar-refractivity contribution < 1.29 is 23.0 Å². The van der Waals surface area contributed by atoms with Crippen LogP contribution in [0.3, 0.4) is 0 Å². The molecule has 2 atom stereocenters. The predicted molar refractivity (Wildman–Crippen MR) is 118 cm³/mol. The maximum atomic E-state index is 13.1. The average Bonchev–Trinajstić information content (AvgIpc) is 3.43. The van der Waals surface area contributed by atoms with E-state index in [2.05, 4.69) is 17.2 Å². The van der Waals surface area contributed by atoms with E-state index in [0.29, 0.717) is 18.0 Å². The standard InChI is InChI=1S/C24H26F2N4O3/c1-14(2)33-17-9-20-28-18(24-8-7-23(3,12-24)32-13-24)11-30(20)10-15(17)22(31)29-19-6-4-5-16(27-19)21(25)26/h4-6,9-11,14,21H,7-8,12-13H2,1-3H3,(H,27,29,31)/t23-,24+/m1/s1. The summed E-state index contributed by atoms with van der Waals surface area (Å²) in [7, 11) is 0. The molecular weight excluding hydrogens is 430 g/mol. The summed E-state index contributed by atoms with van der Waals surface area (Å²) in [6.45, 7) is 6.52. The van der Waals surface area contributed by atoms with E-state index in [1.54, 1.807) is 12.3 Å². The molecule has 2 fully saturated rings. The molecule has 4 heterocycles. The zero-order valence-corrected chi connectivity index (χ0v) is 18.8. The predicted octanol–water partition coefficient (Wildman–Crippen LogP) is 4.92. The SMILES string of the molecule is CC(C)Oc1cc2nc([C@@]34CC[C@](C)(C3)OC4)cn2cc1C(=O)Nc1cccc(C(F)F)n1. The topological polar surface area (TPSA) is 77.8 Å². The van der Waals surface area contributed by atoms with Crippen molar-refractivity contribution in [2.45, 2.75) is 63.6 Å². The lowest BCUT2D eigenvalue weighted by Gasteiger charge is -2.24. The van der Waals surface area contributed by atoms with Crippen LogP contribution in [-0.2, 0) is 10.2 Å². The van der Waals surface area contributed by atoms with Crippen LogP contribution in [0.1, 0.15) is 68.2 Å². The van der Waals surface area contributed by atoms with Crippen LogP contribution in [0.4, 0.5) is 14.6 Å². The summed E-state index contributed by atoms with van der Waals surface area (Å²) < 4.78 is 39.7. The molecule has 0 radical (unpaired) electrons. The van der Waals surface area contributed by atoms with E-state index in [1.807, 2.05) is 24.4 Å². The van der Waals surface area contributed by atoms with Crippen LogP contribution >= 0.6 is 0 Å². The van der Waals surface area contributed by atoms with Crippen LogP contribution in [0.25, 0.3) is 5.65 Å². The highest BCUT2D eigenvalue weighted by Crippen LogP contribution is 2.53. The number of anilines is 1. The number of amides is 1. The van der Waals surface area contributed by atoms with Gasteiger partial charge in [0.1, 0.15) is 22.9 Å². The van der Waals surface area contributed by atoms with Gasteiger partial charge in [0.2, 0.25) is 0 Å². The van der Waals surface area contributed by atoms with Crippen molar-refractivity contribution in [1.29, 1.82) is 0 Å². The largest absolute Gasteiger partial charge is 0.490 e. The number of fused-ring (bicyclic) bond motifs is 3. The monoisotopic (exact) mass is 456 g/mol. The van der Waals surface area contributed by atoms with Gasteiger partial charge in [0, 0.05) is 23.9 Å². The van der Waals surface area contributed by atoms with E-state index in [0.717, 1.165) is 25.0 Å². The molecule has 0 aromatic carbocycles. The maximum absolute atomic E-state index is 13.1. The molecule has 0 unspecified atom stereocenters. The second kappa shape index (κ2) is 7.76.